The second-order valence-electron chi connectivity index (χ2n) is 5.16. The van der Waals surface area contributed by atoms with E-state index >= 15 is 0 Å². The van der Waals surface area contributed by atoms with Gasteiger partial charge in [0.05, 0.1) is 5.39 Å². The smallest absolute Gasteiger partial charge is 0.346 e. The summed E-state index contributed by atoms with van der Waals surface area (Å²) in [4.78, 5) is 21.1. The lowest BCUT2D eigenvalue weighted by Crippen LogP contribution is -1.99. The zero-order valence-electron chi connectivity index (χ0n) is 12.5. The number of thiophene rings is 1. The maximum Gasteiger partial charge on any atom is 0.346 e. The van der Waals surface area contributed by atoms with Crippen LogP contribution in [0.3, 0.4) is 0 Å². The molecule has 3 aromatic rings. The molecule has 0 aliphatic heterocycles. The number of nitrogens with one attached hydrogen (secondary N) is 1. The van der Waals surface area contributed by atoms with Gasteiger partial charge in [-0.3, -0.25) is 0 Å². The summed E-state index contributed by atoms with van der Waals surface area (Å²) in [6, 6.07) is 7.95. The third-order valence-corrected chi connectivity index (χ3v) is 4.55. The predicted octanol–water partition coefficient (Wildman–Crippen LogP) is 4.06. The normalized spacial score (nSPS) is 10.9. The van der Waals surface area contributed by atoms with Gasteiger partial charge in [0.25, 0.3) is 0 Å². The minimum Gasteiger partial charge on any atom is -0.477 e. The highest BCUT2D eigenvalue weighted by Crippen LogP contribution is 2.35. The molecular weight excluding hydrogens is 298 g/mol. The Morgan fingerprint density at radius 1 is 1.23 bits per heavy atom. The number of hydrogen-bond acceptors (Lipinski definition) is 5. The second kappa shape index (κ2) is 5.38. The standard InChI is InChI=1S/C16H15N3O2S/c1-8-5-4-6-11(7-8)19-14-12-9(2)13(16(20)21)22-15(12)18-10(3)17-14/h4-7H,1-3H3,(H,20,21)(H,17,18,19). The molecule has 0 aliphatic rings. The van der Waals surface area contributed by atoms with E-state index in [9.17, 15) is 9.90 Å². The molecular formula is C16H15N3O2S. The number of aromatic carboxylic acids is 1. The van der Waals surface area contributed by atoms with Gasteiger partial charge in [0.1, 0.15) is 21.3 Å². The predicted molar refractivity (Wildman–Crippen MR) is 88.3 cm³/mol. The van der Waals surface area contributed by atoms with E-state index < -0.39 is 5.97 Å². The van der Waals surface area contributed by atoms with Crippen molar-refractivity contribution in [1.29, 1.82) is 0 Å². The number of rotatable bonds is 3. The number of benzene rings is 1. The molecule has 6 heteroatoms. The number of fused-ring (bicyclic) bond motifs is 1. The van der Waals surface area contributed by atoms with Gasteiger partial charge in [-0.1, -0.05) is 12.1 Å². The van der Waals surface area contributed by atoms with E-state index in [2.05, 4.69) is 15.3 Å². The van der Waals surface area contributed by atoms with E-state index in [1.165, 1.54) is 11.3 Å². The van der Waals surface area contributed by atoms with Crippen molar-refractivity contribution >= 4 is 39.0 Å². The van der Waals surface area contributed by atoms with Crippen molar-refractivity contribution in [3.63, 3.8) is 0 Å². The minimum atomic E-state index is -0.931. The highest BCUT2D eigenvalue weighted by molar-refractivity contribution is 7.20. The average Bonchev–Trinajstić information content (AvgIpc) is 2.76. The molecule has 0 fully saturated rings. The first-order valence-electron chi connectivity index (χ1n) is 6.80. The summed E-state index contributed by atoms with van der Waals surface area (Å²) in [7, 11) is 0. The number of carboxylic acid groups (broad SMARTS) is 1. The summed E-state index contributed by atoms with van der Waals surface area (Å²) >= 11 is 1.18. The van der Waals surface area contributed by atoms with Crippen LogP contribution in [-0.2, 0) is 0 Å². The Hall–Kier alpha value is -2.47. The van der Waals surface area contributed by atoms with Crippen LogP contribution < -0.4 is 5.32 Å². The first kappa shape index (κ1) is 14.5. The van der Waals surface area contributed by atoms with Gasteiger partial charge in [-0.05, 0) is 44.0 Å². The molecule has 112 valence electrons. The molecule has 2 aromatic heterocycles. The van der Waals surface area contributed by atoms with Crippen LogP contribution in [0.4, 0.5) is 11.5 Å². The van der Waals surface area contributed by atoms with Crippen LogP contribution in [0, 0.1) is 20.8 Å². The largest absolute Gasteiger partial charge is 0.477 e. The minimum absolute atomic E-state index is 0.308. The average molecular weight is 313 g/mol. The quantitative estimate of drug-likeness (QED) is 0.762. The Morgan fingerprint density at radius 3 is 2.68 bits per heavy atom. The van der Waals surface area contributed by atoms with E-state index in [0.717, 1.165) is 16.6 Å². The van der Waals surface area contributed by atoms with E-state index in [0.29, 0.717) is 26.9 Å². The Bertz CT molecular complexity index is 886. The summed E-state index contributed by atoms with van der Waals surface area (Å²) in [6.07, 6.45) is 0. The van der Waals surface area contributed by atoms with Gasteiger partial charge < -0.3 is 10.4 Å². The SMILES string of the molecule is Cc1cccc(Nc2nc(C)nc3sc(C(=O)O)c(C)c23)c1. The molecule has 5 nitrogen and oxygen atoms in total. The number of anilines is 2. The number of hydrogen-bond donors (Lipinski definition) is 2. The topological polar surface area (TPSA) is 75.1 Å². The number of aromatic nitrogens is 2. The third-order valence-electron chi connectivity index (χ3n) is 3.38. The third kappa shape index (κ3) is 2.53. The maximum absolute atomic E-state index is 11.3. The van der Waals surface area contributed by atoms with Crippen molar-refractivity contribution < 1.29 is 9.90 Å². The van der Waals surface area contributed by atoms with Crippen LogP contribution in [-0.4, -0.2) is 21.0 Å². The fraction of sp³-hybridized carbons (Fsp3) is 0.188. The molecule has 22 heavy (non-hydrogen) atoms. The van der Waals surface area contributed by atoms with Gasteiger partial charge in [-0.2, -0.15) is 0 Å². The van der Waals surface area contributed by atoms with E-state index in [-0.39, 0.29) is 0 Å². The number of carboxylic acids is 1. The maximum atomic E-state index is 11.3. The molecule has 0 amide bonds. The molecule has 0 spiro atoms. The summed E-state index contributed by atoms with van der Waals surface area (Å²) in [5.41, 5.74) is 2.75. The van der Waals surface area contributed by atoms with Gasteiger partial charge in [0.2, 0.25) is 0 Å². The molecule has 0 radical (unpaired) electrons. The van der Waals surface area contributed by atoms with Crippen molar-refractivity contribution in [3.05, 3.63) is 46.1 Å². The molecule has 0 saturated carbocycles. The number of aryl methyl sites for hydroxylation is 3. The Kier molecular flexibility index (Phi) is 3.54. The van der Waals surface area contributed by atoms with Crippen molar-refractivity contribution in [2.45, 2.75) is 20.8 Å². The number of nitrogens with zero attached hydrogens (tertiary/aromatic N) is 2. The molecule has 2 heterocycles. The van der Waals surface area contributed by atoms with Crippen molar-refractivity contribution in [1.82, 2.24) is 9.97 Å². The lowest BCUT2D eigenvalue weighted by molar-refractivity contribution is 0.0701. The Balaban J connectivity index is 2.18. The molecule has 0 atom stereocenters. The Morgan fingerprint density at radius 2 is 2.00 bits per heavy atom. The van der Waals surface area contributed by atoms with Crippen molar-refractivity contribution in [3.8, 4) is 0 Å². The first-order valence-corrected chi connectivity index (χ1v) is 7.62. The fourth-order valence-corrected chi connectivity index (χ4v) is 3.46. The van der Waals surface area contributed by atoms with Gasteiger partial charge in [-0.25, -0.2) is 14.8 Å². The van der Waals surface area contributed by atoms with Gasteiger partial charge >= 0.3 is 5.97 Å². The van der Waals surface area contributed by atoms with Crippen LogP contribution in [0.15, 0.2) is 24.3 Å². The number of carbonyl (C=O) groups is 1. The highest BCUT2D eigenvalue weighted by Gasteiger charge is 2.19. The van der Waals surface area contributed by atoms with Crippen LogP contribution in [0.25, 0.3) is 10.2 Å². The van der Waals surface area contributed by atoms with Crippen molar-refractivity contribution in [2.75, 3.05) is 5.32 Å². The van der Waals surface area contributed by atoms with Gasteiger partial charge in [-0.15, -0.1) is 11.3 Å². The van der Waals surface area contributed by atoms with Gasteiger partial charge in [0.15, 0.2) is 0 Å². The van der Waals surface area contributed by atoms with Crippen LogP contribution in [0.2, 0.25) is 0 Å². The summed E-state index contributed by atoms with van der Waals surface area (Å²) < 4.78 is 0. The monoisotopic (exact) mass is 313 g/mol. The van der Waals surface area contributed by atoms with E-state index in [4.69, 9.17) is 0 Å². The molecule has 1 aromatic carbocycles. The molecule has 0 unspecified atom stereocenters. The highest BCUT2D eigenvalue weighted by atomic mass is 32.1. The first-order chi connectivity index (χ1) is 10.5. The summed E-state index contributed by atoms with van der Waals surface area (Å²) in [6.45, 7) is 5.61. The summed E-state index contributed by atoms with van der Waals surface area (Å²) in [5.74, 6) is 0.329. The zero-order valence-corrected chi connectivity index (χ0v) is 13.3. The molecule has 0 saturated heterocycles. The van der Waals surface area contributed by atoms with Crippen LogP contribution in [0.5, 0.6) is 0 Å². The van der Waals surface area contributed by atoms with Crippen LogP contribution >= 0.6 is 11.3 Å². The second-order valence-corrected chi connectivity index (χ2v) is 6.15. The zero-order chi connectivity index (χ0) is 15.9. The lowest BCUT2D eigenvalue weighted by Gasteiger charge is -2.09. The lowest BCUT2D eigenvalue weighted by atomic mass is 10.2. The molecule has 2 N–H and O–H groups in total. The molecule has 3 rings (SSSR count). The van der Waals surface area contributed by atoms with Crippen LogP contribution in [0.1, 0.15) is 26.6 Å². The Labute approximate surface area is 131 Å². The fourth-order valence-electron chi connectivity index (χ4n) is 2.40. The van der Waals surface area contributed by atoms with Crippen molar-refractivity contribution in [2.24, 2.45) is 0 Å². The van der Waals surface area contributed by atoms with E-state index in [1.54, 1.807) is 13.8 Å². The van der Waals surface area contributed by atoms with Gasteiger partial charge in [0, 0.05) is 5.69 Å². The van der Waals surface area contributed by atoms with E-state index in [1.807, 2.05) is 31.2 Å². The summed E-state index contributed by atoms with van der Waals surface area (Å²) in [5, 5.41) is 13.4. The molecule has 0 bridgehead atoms. The molecule has 0 aliphatic carbocycles.